The van der Waals surface area contributed by atoms with Crippen molar-refractivity contribution in [1.29, 1.82) is 0 Å². The second kappa shape index (κ2) is 11.1. The predicted molar refractivity (Wildman–Crippen MR) is 128 cm³/mol. The largest absolute Gasteiger partial charge is 0.422 e. The summed E-state index contributed by atoms with van der Waals surface area (Å²) in [5.74, 6) is -0.983. The normalized spacial score (nSPS) is 10.8. The van der Waals surface area contributed by atoms with Crippen molar-refractivity contribution < 1.29 is 19.1 Å². The second-order valence-corrected chi connectivity index (χ2v) is 7.79. The first-order chi connectivity index (χ1) is 15.8. The molecule has 0 bridgehead atoms. The maximum absolute atomic E-state index is 12.4. The first-order valence-corrected chi connectivity index (χ1v) is 10.5. The van der Waals surface area contributed by atoms with Gasteiger partial charge in [0.15, 0.2) is 0 Å². The van der Waals surface area contributed by atoms with Crippen LogP contribution in [0.25, 0.3) is 0 Å². The minimum atomic E-state index is -0.527. The molecule has 0 fully saturated rings. The van der Waals surface area contributed by atoms with Crippen molar-refractivity contribution in [3.05, 3.63) is 94.5 Å². The fourth-order valence-corrected chi connectivity index (χ4v) is 2.84. The molecule has 0 radical (unpaired) electrons. The minimum absolute atomic E-state index is 0.109. The topological polar surface area (TPSA) is 96.9 Å². The number of hydrogen-bond donors (Lipinski definition) is 2. The lowest BCUT2D eigenvalue weighted by molar-refractivity contribution is -0.118. The quantitative estimate of drug-likeness (QED) is 0.225. The number of nitrogens with one attached hydrogen (secondary N) is 2. The number of nitrogens with zero attached hydrogens (tertiary/aromatic N) is 1. The van der Waals surface area contributed by atoms with Crippen molar-refractivity contribution in [2.75, 3.05) is 5.32 Å². The summed E-state index contributed by atoms with van der Waals surface area (Å²) in [4.78, 5) is 36.5. The monoisotopic (exact) mass is 463 g/mol. The average Bonchev–Trinajstić information content (AvgIpc) is 2.81. The summed E-state index contributed by atoms with van der Waals surface area (Å²) in [6.07, 6.45) is 1.34. The first kappa shape index (κ1) is 23.7. The van der Waals surface area contributed by atoms with Crippen LogP contribution in [-0.4, -0.2) is 24.0 Å². The Morgan fingerprint density at radius 2 is 1.64 bits per heavy atom. The van der Waals surface area contributed by atoms with Crippen molar-refractivity contribution in [2.45, 2.75) is 13.8 Å². The van der Waals surface area contributed by atoms with E-state index in [1.54, 1.807) is 86.6 Å². The lowest BCUT2D eigenvalue weighted by Crippen LogP contribution is -2.19. The molecule has 0 aliphatic rings. The number of halogens is 1. The Bertz CT molecular complexity index is 1180. The summed E-state index contributed by atoms with van der Waals surface area (Å²) in [5.41, 5.74) is 4.19. The molecule has 8 heteroatoms. The number of esters is 1. The average molecular weight is 464 g/mol. The summed E-state index contributed by atoms with van der Waals surface area (Å²) < 4.78 is 5.45. The van der Waals surface area contributed by atoms with Gasteiger partial charge >= 0.3 is 5.97 Å². The molecule has 2 N–H and O–H groups in total. The summed E-state index contributed by atoms with van der Waals surface area (Å²) in [6.45, 7) is 3.59. The number of ether oxygens (including phenoxy) is 1. The highest BCUT2D eigenvalue weighted by Crippen LogP contribution is 2.22. The fourth-order valence-electron chi connectivity index (χ4n) is 2.66. The van der Waals surface area contributed by atoms with Gasteiger partial charge in [-0.05, 0) is 54.6 Å². The van der Waals surface area contributed by atoms with Crippen LogP contribution in [0.5, 0.6) is 5.75 Å². The molecule has 0 saturated carbocycles. The molecule has 0 atom stereocenters. The molecule has 0 spiro atoms. The Hall–Kier alpha value is -3.97. The summed E-state index contributed by atoms with van der Waals surface area (Å²) >= 11 is 6.06. The van der Waals surface area contributed by atoms with Crippen molar-refractivity contribution in [2.24, 2.45) is 11.0 Å². The molecule has 33 heavy (non-hydrogen) atoms. The van der Waals surface area contributed by atoms with Gasteiger partial charge in [0.1, 0.15) is 5.75 Å². The van der Waals surface area contributed by atoms with Crippen LogP contribution >= 0.6 is 11.6 Å². The van der Waals surface area contributed by atoms with Gasteiger partial charge in [0, 0.05) is 27.8 Å². The van der Waals surface area contributed by atoms with Crippen LogP contribution in [0.2, 0.25) is 5.02 Å². The summed E-state index contributed by atoms with van der Waals surface area (Å²) in [5, 5.41) is 7.12. The SMILES string of the molecule is CC(C)C(=O)Nc1ccc(C(=O)N/N=C/c2cc(Cl)ccc2OC(=O)c2ccccc2)cc1. The van der Waals surface area contributed by atoms with E-state index in [1.807, 2.05) is 0 Å². The van der Waals surface area contributed by atoms with Gasteiger partial charge in [0.05, 0.1) is 11.8 Å². The van der Waals surface area contributed by atoms with Gasteiger partial charge in [-0.1, -0.05) is 43.6 Å². The molecule has 3 rings (SSSR count). The lowest BCUT2D eigenvalue weighted by atomic mass is 10.1. The number of hydrogen-bond acceptors (Lipinski definition) is 5. The minimum Gasteiger partial charge on any atom is -0.422 e. The molecule has 3 aromatic carbocycles. The van der Waals surface area contributed by atoms with Crippen LogP contribution in [-0.2, 0) is 4.79 Å². The number of benzene rings is 3. The molecule has 0 aliphatic heterocycles. The third kappa shape index (κ3) is 6.75. The van der Waals surface area contributed by atoms with E-state index < -0.39 is 11.9 Å². The number of anilines is 1. The van der Waals surface area contributed by atoms with Gasteiger partial charge in [0.25, 0.3) is 5.91 Å². The molecular weight excluding hydrogens is 442 g/mol. The van der Waals surface area contributed by atoms with E-state index in [0.29, 0.717) is 27.4 Å². The molecular formula is C25H22ClN3O4. The lowest BCUT2D eigenvalue weighted by Gasteiger charge is -2.08. The van der Waals surface area contributed by atoms with E-state index in [0.717, 1.165) is 0 Å². The molecule has 2 amide bonds. The number of amides is 2. The Balaban J connectivity index is 1.66. The first-order valence-electron chi connectivity index (χ1n) is 10.1. The van der Waals surface area contributed by atoms with Crippen molar-refractivity contribution in [3.8, 4) is 5.75 Å². The van der Waals surface area contributed by atoms with Crippen molar-refractivity contribution in [3.63, 3.8) is 0 Å². The van der Waals surface area contributed by atoms with Gasteiger partial charge in [-0.3, -0.25) is 9.59 Å². The van der Waals surface area contributed by atoms with Crippen LogP contribution < -0.4 is 15.5 Å². The summed E-state index contributed by atoms with van der Waals surface area (Å²) in [7, 11) is 0. The van der Waals surface area contributed by atoms with E-state index in [1.165, 1.54) is 6.21 Å². The molecule has 7 nitrogen and oxygen atoms in total. The van der Waals surface area contributed by atoms with Crippen molar-refractivity contribution >= 4 is 41.3 Å². The smallest absolute Gasteiger partial charge is 0.343 e. The fraction of sp³-hybridized carbons (Fsp3) is 0.120. The van der Waals surface area contributed by atoms with Gasteiger partial charge < -0.3 is 10.1 Å². The highest BCUT2D eigenvalue weighted by Gasteiger charge is 2.12. The van der Waals surface area contributed by atoms with Gasteiger partial charge in [-0.25, -0.2) is 10.2 Å². The van der Waals surface area contributed by atoms with E-state index >= 15 is 0 Å². The van der Waals surface area contributed by atoms with E-state index in [-0.39, 0.29) is 17.6 Å². The van der Waals surface area contributed by atoms with E-state index in [4.69, 9.17) is 16.3 Å². The van der Waals surface area contributed by atoms with Crippen LogP contribution in [0, 0.1) is 5.92 Å². The third-order valence-corrected chi connectivity index (χ3v) is 4.73. The Morgan fingerprint density at radius 1 is 0.939 bits per heavy atom. The van der Waals surface area contributed by atoms with Gasteiger partial charge in [-0.15, -0.1) is 0 Å². The molecule has 0 heterocycles. The Kier molecular flexibility index (Phi) is 7.94. The number of carbonyl (C=O) groups is 3. The van der Waals surface area contributed by atoms with Crippen LogP contribution in [0.4, 0.5) is 5.69 Å². The molecule has 0 aliphatic carbocycles. The van der Waals surface area contributed by atoms with Crippen LogP contribution in [0.1, 0.15) is 40.1 Å². The zero-order valence-electron chi connectivity index (χ0n) is 18.0. The maximum atomic E-state index is 12.4. The number of rotatable bonds is 7. The van der Waals surface area contributed by atoms with Gasteiger partial charge in [-0.2, -0.15) is 5.10 Å². The summed E-state index contributed by atoms with van der Waals surface area (Å²) in [6, 6.07) is 19.7. The van der Waals surface area contributed by atoms with Gasteiger partial charge in [0.2, 0.25) is 5.91 Å². The highest BCUT2D eigenvalue weighted by atomic mass is 35.5. The molecule has 168 valence electrons. The molecule has 0 unspecified atom stereocenters. The van der Waals surface area contributed by atoms with Crippen molar-refractivity contribution in [1.82, 2.24) is 5.43 Å². The van der Waals surface area contributed by atoms with Crippen LogP contribution in [0.15, 0.2) is 77.9 Å². The standard InChI is InChI=1S/C25H22ClN3O4/c1-16(2)23(30)28-21-11-8-17(9-12-21)24(31)29-27-15-19-14-20(26)10-13-22(19)33-25(32)18-6-4-3-5-7-18/h3-16H,1-2H3,(H,28,30)(H,29,31)/b27-15+. The third-order valence-electron chi connectivity index (χ3n) is 4.49. The Morgan fingerprint density at radius 3 is 2.30 bits per heavy atom. The molecule has 0 aromatic heterocycles. The highest BCUT2D eigenvalue weighted by molar-refractivity contribution is 6.31. The predicted octanol–water partition coefficient (Wildman–Crippen LogP) is 4.92. The number of hydrazone groups is 1. The number of carbonyl (C=O) groups excluding carboxylic acids is 3. The molecule has 3 aromatic rings. The molecule has 0 saturated heterocycles. The zero-order chi connectivity index (χ0) is 23.8. The van der Waals surface area contributed by atoms with Crippen LogP contribution in [0.3, 0.4) is 0 Å². The zero-order valence-corrected chi connectivity index (χ0v) is 18.8. The Labute approximate surface area is 196 Å². The van der Waals surface area contributed by atoms with E-state index in [9.17, 15) is 14.4 Å². The van der Waals surface area contributed by atoms with E-state index in [2.05, 4.69) is 15.8 Å². The maximum Gasteiger partial charge on any atom is 0.343 e. The second-order valence-electron chi connectivity index (χ2n) is 7.36.